The molecule has 0 atom stereocenters. The molecule has 14 heavy (non-hydrogen) atoms. The van der Waals surface area contributed by atoms with Crippen molar-refractivity contribution < 1.29 is 36.9 Å². The molecule has 5 nitrogen and oxygen atoms in total. The zero-order valence-corrected chi connectivity index (χ0v) is 8.76. The van der Waals surface area contributed by atoms with E-state index in [0.717, 1.165) is 12.1 Å². The van der Waals surface area contributed by atoms with E-state index in [-0.39, 0.29) is 23.9 Å². The van der Waals surface area contributed by atoms with E-state index in [1.807, 2.05) is 0 Å². The molecule has 0 saturated carbocycles. The van der Waals surface area contributed by atoms with Gasteiger partial charge in [-0.2, -0.15) is 8.42 Å². The Morgan fingerprint density at radius 1 is 1.43 bits per heavy atom. The Bertz CT molecular complexity index is 447. The molecule has 0 aliphatic rings. The summed E-state index contributed by atoms with van der Waals surface area (Å²) in [4.78, 5) is -0.769. The van der Waals surface area contributed by atoms with Gasteiger partial charge >= 0.3 is 18.9 Å². The molecule has 0 aromatic heterocycles. The third-order valence-corrected chi connectivity index (χ3v) is 2.59. The van der Waals surface area contributed by atoms with Crippen LogP contribution in [0, 0.1) is 0 Å². The van der Waals surface area contributed by atoms with E-state index in [1.54, 1.807) is 0 Å². The maximum Gasteiger partial charge on any atom is 1.00 e. The topological polar surface area (TPSA) is 103 Å². The molecule has 1 rings (SSSR count). The molecule has 72 valence electrons. The first-order chi connectivity index (χ1) is 5.84. The van der Waals surface area contributed by atoms with E-state index in [4.69, 9.17) is 21.9 Å². The maximum absolute atomic E-state index is 11.1. The van der Waals surface area contributed by atoms with Crippen LogP contribution in [0.5, 0.6) is 5.75 Å². The van der Waals surface area contributed by atoms with Gasteiger partial charge in [-0.25, -0.2) is 0 Å². The van der Waals surface area contributed by atoms with Crippen molar-refractivity contribution in [3.63, 3.8) is 0 Å². The molecule has 0 bridgehead atoms. The summed E-state index contributed by atoms with van der Waals surface area (Å²) >= 11 is 5.43. The van der Waals surface area contributed by atoms with Crippen molar-refractivity contribution in [1.82, 2.24) is 0 Å². The average molecular weight is 230 g/mol. The third-order valence-electron chi connectivity index (χ3n) is 1.38. The molecule has 1 aromatic rings. The van der Waals surface area contributed by atoms with E-state index in [1.165, 1.54) is 0 Å². The van der Waals surface area contributed by atoms with Crippen LogP contribution >= 0.6 is 11.6 Å². The van der Waals surface area contributed by atoms with Crippen LogP contribution in [0.2, 0.25) is 5.02 Å². The van der Waals surface area contributed by atoms with Crippen LogP contribution in [0.15, 0.2) is 17.0 Å². The number of nitrogen functional groups attached to an aromatic ring is 1. The van der Waals surface area contributed by atoms with Gasteiger partial charge in [-0.05, 0) is 12.1 Å². The van der Waals surface area contributed by atoms with Crippen molar-refractivity contribution in [3.05, 3.63) is 17.2 Å². The Kier molecular flexibility index (Phi) is 4.30. The molecule has 0 spiro atoms. The van der Waals surface area contributed by atoms with Crippen LogP contribution in [-0.2, 0) is 10.1 Å². The quantitative estimate of drug-likeness (QED) is 0.309. The van der Waals surface area contributed by atoms with E-state index in [0.29, 0.717) is 0 Å². The molecule has 1 aromatic carbocycles. The fraction of sp³-hybridized carbons (Fsp3) is 0. The van der Waals surface area contributed by atoms with Crippen molar-refractivity contribution in [2.45, 2.75) is 4.90 Å². The van der Waals surface area contributed by atoms with E-state index in [2.05, 4.69) is 0 Å². The summed E-state index contributed by atoms with van der Waals surface area (Å²) in [7, 11) is -4.52. The van der Waals surface area contributed by atoms with Crippen LogP contribution in [0.1, 0.15) is 0 Å². The van der Waals surface area contributed by atoms with Crippen molar-refractivity contribution in [2.24, 2.45) is 0 Å². The van der Waals surface area contributed by atoms with Gasteiger partial charge in [0.15, 0.2) is 0 Å². The van der Waals surface area contributed by atoms with Crippen molar-refractivity contribution in [3.8, 4) is 5.75 Å². The van der Waals surface area contributed by atoms with Gasteiger partial charge in [-0.3, -0.25) is 4.55 Å². The normalized spacial score (nSPS) is 10.7. The molecule has 0 fully saturated rings. The Morgan fingerprint density at radius 2 is 1.93 bits per heavy atom. The molecule has 0 unspecified atom stereocenters. The summed E-state index contributed by atoms with van der Waals surface area (Å²) in [6.07, 6.45) is 0. The zero-order valence-electron chi connectivity index (χ0n) is 7.19. The molecule has 8 heteroatoms. The van der Waals surface area contributed by atoms with Gasteiger partial charge in [0.1, 0.15) is 0 Å². The number of hydrogen-bond acceptors (Lipinski definition) is 4. The summed E-state index contributed by atoms with van der Waals surface area (Å²) in [5.41, 5.74) is 4.77. The first-order valence-electron chi connectivity index (χ1n) is 3.06. The second kappa shape index (κ2) is 4.42. The fourth-order valence-electron chi connectivity index (χ4n) is 0.759. The van der Waals surface area contributed by atoms with E-state index < -0.39 is 26.5 Å². The van der Waals surface area contributed by atoms with Crippen LogP contribution in [-0.4, -0.2) is 13.0 Å². The minimum atomic E-state index is -4.52. The van der Waals surface area contributed by atoms with Gasteiger partial charge in [0.05, 0.1) is 9.92 Å². The van der Waals surface area contributed by atoms with E-state index >= 15 is 0 Å². The molecule has 3 N–H and O–H groups in total. The first-order valence-corrected chi connectivity index (χ1v) is 4.88. The number of rotatable bonds is 1. The number of benzene rings is 1. The van der Waals surface area contributed by atoms with Gasteiger partial charge < -0.3 is 10.8 Å². The van der Waals surface area contributed by atoms with Gasteiger partial charge in [0.2, 0.25) is 0 Å². The largest absolute Gasteiger partial charge is 1.00 e. The Balaban J connectivity index is 0.00000169. The summed E-state index contributed by atoms with van der Waals surface area (Å²) in [6, 6.07) is 2.03. The van der Waals surface area contributed by atoms with Crippen LogP contribution in [0.4, 0.5) is 5.69 Å². The Labute approximate surface area is 97.8 Å². The standard InChI is InChI=1S/C6H6ClNO4S.Li/c7-3-1-2-4(13(10,11)12)6(9)5(3)8;/h1-2,9H,8H2,(H,10,11,12);/q;+1/p-1. The van der Waals surface area contributed by atoms with Crippen molar-refractivity contribution in [1.29, 1.82) is 0 Å². The second-order valence-corrected chi connectivity index (χ2v) is 4.06. The van der Waals surface area contributed by atoms with Crippen LogP contribution < -0.4 is 29.7 Å². The average Bonchev–Trinajstić information content (AvgIpc) is 1.98. The third kappa shape index (κ3) is 2.56. The molecule has 0 aliphatic heterocycles. The van der Waals surface area contributed by atoms with Gasteiger partial charge in [0.25, 0.3) is 10.1 Å². The number of nitrogens with two attached hydrogens (primary N) is 1. The minimum absolute atomic E-state index is 0. The molecule has 0 saturated heterocycles. The number of halogens is 1. The number of hydrogen-bond donors (Lipinski definition) is 2. The fourth-order valence-corrected chi connectivity index (χ4v) is 1.49. The van der Waals surface area contributed by atoms with Crippen LogP contribution in [0.3, 0.4) is 0 Å². The Morgan fingerprint density at radius 3 is 2.36 bits per heavy atom. The van der Waals surface area contributed by atoms with Crippen LogP contribution in [0.25, 0.3) is 0 Å². The zero-order chi connectivity index (χ0) is 10.2. The monoisotopic (exact) mass is 229 g/mol. The molecule has 0 heterocycles. The van der Waals surface area contributed by atoms with Gasteiger partial charge in [0, 0.05) is 5.69 Å². The van der Waals surface area contributed by atoms with Crippen molar-refractivity contribution >= 4 is 27.4 Å². The summed E-state index contributed by atoms with van der Waals surface area (Å²) < 4.78 is 29.7. The second-order valence-electron chi connectivity index (χ2n) is 2.26. The van der Waals surface area contributed by atoms with Gasteiger partial charge in [-0.1, -0.05) is 17.4 Å². The summed E-state index contributed by atoms with van der Waals surface area (Å²) in [5.74, 6) is -0.991. The summed E-state index contributed by atoms with van der Waals surface area (Å²) in [6.45, 7) is 0. The molecule has 0 amide bonds. The predicted molar refractivity (Wildman–Crippen MR) is 45.1 cm³/mol. The molecule has 0 radical (unpaired) electrons. The SMILES string of the molecule is Nc1c(Cl)ccc(S(=O)(=O)O)c1[O-].[Li+]. The number of anilines is 1. The maximum atomic E-state index is 11.1. The van der Waals surface area contributed by atoms with Crippen molar-refractivity contribution in [2.75, 3.05) is 5.73 Å². The van der Waals surface area contributed by atoms with E-state index in [9.17, 15) is 13.5 Å². The molecule has 0 aliphatic carbocycles. The first kappa shape index (κ1) is 13.6. The summed E-state index contributed by atoms with van der Waals surface area (Å²) in [5, 5.41) is 11.0. The smallest absolute Gasteiger partial charge is 0.870 e. The minimum Gasteiger partial charge on any atom is -0.870 e. The Hall–Kier alpha value is -0.383. The molecular weight excluding hydrogens is 225 g/mol. The molecular formula is C6H5ClLiNO4S. The predicted octanol–water partition coefficient (Wildman–Crippen LogP) is -2.75. The van der Waals surface area contributed by atoms with Gasteiger partial charge in [-0.15, -0.1) is 0 Å².